The first-order chi connectivity index (χ1) is 10.5. The van der Waals surface area contributed by atoms with Crippen LogP contribution in [-0.2, 0) is 4.79 Å². The Kier molecular flexibility index (Phi) is 5.45. The molecule has 0 aliphatic carbocycles. The second kappa shape index (κ2) is 7.32. The van der Waals surface area contributed by atoms with Gasteiger partial charge in [0.15, 0.2) is 0 Å². The molecule has 2 N–H and O–H groups in total. The lowest BCUT2D eigenvalue weighted by Crippen LogP contribution is -2.17. The molecule has 0 atom stereocenters. The van der Waals surface area contributed by atoms with Gasteiger partial charge in [0.2, 0.25) is 5.91 Å². The maximum absolute atomic E-state index is 12.0. The van der Waals surface area contributed by atoms with Crippen LogP contribution in [0, 0.1) is 20.8 Å². The van der Waals surface area contributed by atoms with E-state index in [0.29, 0.717) is 18.0 Å². The average molecular weight is 317 g/mol. The number of benzene rings is 2. The molecule has 0 spiro atoms. The van der Waals surface area contributed by atoms with E-state index in [1.54, 1.807) is 0 Å². The zero-order chi connectivity index (χ0) is 16.1. The zero-order valence-electron chi connectivity index (χ0n) is 13.2. The molecule has 4 heteroatoms. The van der Waals surface area contributed by atoms with Gasteiger partial charge in [-0.1, -0.05) is 35.4 Å². The molecule has 0 heterocycles. The number of hydrogen-bond donors (Lipinski definition) is 2. The molecule has 2 aromatic carbocycles. The highest BCUT2D eigenvalue weighted by Gasteiger charge is 2.07. The Morgan fingerprint density at radius 3 is 2.59 bits per heavy atom. The van der Waals surface area contributed by atoms with Gasteiger partial charge in [-0.3, -0.25) is 4.79 Å². The van der Waals surface area contributed by atoms with Crippen molar-refractivity contribution in [1.82, 2.24) is 0 Å². The molecule has 22 heavy (non-hydrogen) atoms. The Bertz CT molecular complexity index is 683. The van der Waals surface area contributed by atoms with Crippen LogP contribution >= 0.6 is 11.6 Å². The Balaban J connectivity index is 1.87. The fourth-order valence-corrected chi connectivity index (χ4v) is 2.45. The van der Waals surface area contributed by atoms with Crippen LogP contribution in [-0.4, -0.2) is 12.5 Å². The Morgan fingerprint density at radius 1 is 1.09 bits per heavy atom. The van der Waals surface area contributed by atoms with Crippen molar-refractivity contribution in [2.45, 2.75) is 27.2 Å². The fraction of sp³-hybridized carbons (Fsp3) is 0.278. The summed E-state index contributed by atoms with van der Waals surface area (Å²) in [5.74, 6) is -0.0253. The molecule has 0 bridgehead atoms. The molecule has 2 rings (SSSR count). The number of rotatable bonds is 5. The van der Waals surface area contributed by atoms with Gasteiger partial charge < -0.3 is 10.6 Å². The van der Waals surface area contributed by atoms with Crippen molar-refractivity contribution < 1.29 is 4.79 Å². The lowest BCUT2D eigenvalue weighted by Gasteiger charge is -2.12. The highest BCUT2D eigenvalue weighted by Crippen LogP contribution is 2.23. The first-order valence-corrected chi connectivity index (χ1v) is 7.71. The number of carbonyl (C=O) groups excluding carboxylic acids is 1. The minimum absolute atomic E-state index is 0.0253. The third-order valence-electron chi connectivity index (χ3n) is 3.59. The van der Waals surface area contributed by atoms with Crippen molar-refractivity contribution in [2.24, 2.45) is 0 Å². The van der Waals surface area contributed by atoms with Crippen LogP contribution in [0.4, 0.5) is 11.4 Å². The van der Waals surface area contributed by atoms with Gasteiger partial charge in [0.25, 0.3) is 0 Å². The monoisotopic (exact) mass is 316 g/mol. The van der Waals surface area contributed by atoms with E-state index in [1.165, 1.54) is 11.1 Å². The zero-order valence-corrected chi connectivity index (χ0v) is 13.9. The molecule has 1 amide bonds. The Hall–Kier alpha value is -2.00. The van der Waals surface area contributed by atoms with Crippen LogP contribution in [0.15, 0.2) is 36.4 Å². The molecule has 0 saturated heterocycles. The van der Waals surface area contributed by atoms with Gasteiger partial charge >= 0.3 is 0 Å². The summed E-state index contributed by atoms with van der Waals surface area (Å²) in [6, 6.07) is 11.7. The second-order valence-electron chi connectivity index (χ2n) is 5.46. The summed E-state index contributed by atoms with van der Waals surface area (Å²) >= 11 is 6.05. The van der Waals surface area contributed by atoms with Crippen LogP contribution < -0.4 is 10.6 Å². The summed E-state index contributed by atoms with van der Waals surface area (Å²) in [6.07, 6.45) is 0.402. The summed E-state index contributed by atoms with van der Waals surface area (Å²) in [5.41, 5.74) is 5.14. The quantitative estimate of drug-likeness (QED) is 0.839. The van der Waals surface area contributed by atoms with E-state index in [9.17, 15) is 4.79 Å². The van der Waals surface area contributed by atoms with Crippen molar-refractivity contribution in [3.05, 3.63) is 58.1 Å². The Labute approximate surface area is 136 Å². The topological polar surface area (TPSA) is 41.1 Å². The van der Waals surface area contributed by atoms with E-state index < -0.39 is 0 Å². The van der Waals surface area contributed by atoms with E-state index in [1.807, 2.05) is 31.2 Å². The first kappa shape index (κ1) is 16.4. The van der Waals surface area contributed by atoms with Crippen molar-refractivity contribution in [1.29, 1.82) is 0 Å². The number of carbonyl (C=O) groups is 1. The maximum atomic E-state index is 12.0. The second-order valence-corrected chi connectivity index (χ2v) is 5.86. The first-order valence-electron chi connectivity index (χ1n) is 7.33. The maximum Gasteiger partial charge on any atom is 0.226 e. The predicted octanol–water partition coefficient (Wildman–Crippen LogP) is 4.71. The normalized spacial score (nSPS) is 10.4. The van der Waals surface area contributed by atoms with Crippen LogP contribution in [0.3, 0.4) is 0 Å². The van der Waals surface area contributed by atoms with Gasteiger partial charge in [-0.25, -0.2) is 0 Å². The van der Waals surface area contributed by atoms with Crippen molar-refractivity contribution >= 4 is 28.9 Å². The van der Waals surface area contributed by atoms with Gasteiger partial charge in [-0.2, -0.15) is 0 Å². The third kappa shape index (κ3) is 4.25. The number of amides is 1. The number of halogens is 1. The smallest absolute Gasteiger partial charge is 0.226 e. The predicted molar refractivity (Wildman–Crippen MR) is 93.8 cm³/mol. The third-order valence-corrected chi connectivity index (χ3v) is 4.00. The molecular weight excluding hydrogens is 296 g/mol. The molecule has 116 valence electrons. The number of anilines is 2. The van der Waals surface area contributed by atoms with E-state index in [-0.39, 0.29) is 5.91 Å². The van der Waals surface area contributed by atoms with Gasteiger partial charge in [0.05, 0.1) is 0 Å². The average Bonchev–Trinajstić information content (AvgIpc) is 2.46. The lowest BCUT2D eigenvalue weighted by atomic mass is 10.1. The van der Waals surface area contributed by atoms with E-state index in [2.05, 4.69) is 36.6 Å². The summed E-state index contributed by atoms with van der Waals surface area (Å²) < 4.78 is 0. The van der Waals surface area contributed by atoms with Crippen LogP contribution in [0.25, 0.3) is 0 Å². The standard InChI is InChI=1S/C18H21ClN2O/c1-12-7-8-16(13(2)11-12)20-10-9-18(22)21-17-6-4-5-15(19)14(17)3/h4-8,11,20H,9-10H2,1-3H3,(H,21,22). The van der Waals surface area contributed by atoms with Crippen molar-refractivity contribution in [3.8, 4) is 0 Å². The number of aryl methyl sites for hydroxylation is 2. The highest BCUT2D eigenvalue weighted by atomic mass is 35.5. The minimum atomic E-state index is -0.0253. The van der Waals surface area contributed by atoms with Gasteiger partial charge in [0, 0.05) is 29.4 Å². The SMILES string of the molecule is Cc1ccc(NCCC(=O)Nc2cccc(Cl)c2C)c(C)c1. The molecular formula is C18H21ClN2O. The molecule has 0 saturated carbocycles. The van der Waals surface area contributed by atoms with Gasteiger partial charge in [-0.05, 0) is 50.1 Å². The molecule has 0 fully saturated rings. The molecule has 3 nitrogen and oxygen atoms in total. The Morgan fingerprint density at radius 2 is 1.86 bits per heavy atom. The van der Waals surface area contributed by atoms with Crippen molar-refractivity contribution in [2.75, 3.05) is 17.2 Å². The lowest BCUT2D eigenvalue weighted by molar-refractivity contribution is -0.115. The van der Waals surface area contributed by atoms with Gasteiger partial charge in [-0.15, -0.1) is 0 Å². The van der Waals surface area contributed by atoms with E-state index >= 15 is 0 Å². The fourth-order valence-electron chi connectivity index (χ4n) is 2.28. The highest BCUT2D eigenvalue weighted by molar-refractivity contribution is 6.31. The van der Waals surface area contributed by atoms with Crippen LogP contribution in [0.2, 0.25) is 5.02 Å². The van der Waals surface area contributed by atoms with Crippen molar-refractivity contribution in [3.63, 3.8) is 0 Å². The largest absolute Gasteiger partial charge is 0.384 e. The molecule has 2 aromatic rings. The molecule has 0 aliphatic rings. The summed E-state index contributed by atoms with van der Waals surface area (Å²) in [5, 5.41) is 6.85. The van der Waals surface area contributed by atoms with Gasteiger partial charge in [0.1, 0.15) is 0 Å². The molecule has 0 unspecified atom stereocenters. The molecule has 0 radical (unpaired) electrons. The summed E-state index contributed by atoms with van der Waals surface area (Å²) in [4.78, 5) is 12.0. The molecule has 0 aliphatic heterocycles. The molecule has 0 aromatic heterocycles. The number of hydrogen-bond acceptors (Lipinski definition) is 2. The van der Waals surface area contributed by atoms with Crippen LogP contribution in [0.1, 0.15) is 23.1 Å². The van der Waals surface area contributed by atoms with E-state index in [4.69, 9.17) is 11.6 Å². The minimum Gasteiger partial charge on any atom is -0.384 e. The van der Waals surface area contributed by atoms with Crippen LogP contribution in [0.5, 0.6) is 0 Å². The summed E-state index contributed by atoms with van der Waals surface area (Å²) in [6.45, 7) is 6.61. The summed E-state index contributed by atoms with van der Waals surface area (Å²) in [7, 11) is 0. The van der Waals surface area contributed by atoms with E-state index in [0.717, 1.165) is 16.9 Å². The number of nitrogens with one attached hydrogen (secondary N) is 2.